The van der Waals surface area contributed by atoms with Crippen LogP contribution in [-0.4, -0.2) is 59.5 Å². The molecule has 23 heavy (non-hydrogen) atoms. The first kappa shape index (κ1) is 15.0. The van der Waals surface area contributed by atoms with Gasteiger partial charge in [0.15, 0.2) is 0 Å². The third-order valence-electron chi connectivity index (χ3n) is 5.30. The average Bonchev–Trinajstić information content (AvgIpc) is 3.28. The molecule has 1 aromatic heterocycles. The lowest BCUT2D eigenvalue weighted by Crippen LogP contribution is -2.66. The van der Waals surface area contributed by atoms with Gasteiger partial charge >= 0.3 is 0 Å². The Kier molecular flexibility index (Phi) is 4.03. The van der Waals surface area contributed by atoms with Crippen LogP contribution < -0.4 is 0 Å². The van der Waals surface area contributed by atoms with E-state index < -0.39 is 0 Å². The summed E-state index contributed by atoms with van der Waals surface area (Å²) in [4.78, 5) is 14.2. The quantitative estimate of drug-likeness (QED) is 0.744. The van der Waals surface area contributed by atoms with Crippen molar-refractivity contribution < 1.29 is 14.3 Å². The van der Waals surface area contributed by atoms with Gasteiger partial charge in [-0.15, -0.1) is 0 Å². The van der Waals surface area contributed by atoms with E-state index in [0.717, 1.165) is 38.6 Å². The fourth-order valence-corrected chi connectivity index (χ4v) is 3.65. The number of ether oxygens (including phenoxy) is 2. The fourth-order valence-electron chi connectivity index (χ4n) is 3.65. The minimum atomic E-state index is -0.140. The van der Waals surface area contributed by atoms with Gasteiger partial charge in [-0.2, -0.15) is 10.2 Å². The Labute approximate surface area is 136 Å². The number of carbonyl (C=O) groups excluding carboxylic acids is 1. The van der Waals surface area contributed by atoms with E-state index in [4.69, 9.17) is 9.47 Å². The molecule has 1 saturated carbocycles. The first-order valence-corrected chi connectivity index (χ1v) is 8.54. The summed E-state index contributed by atoms with van der Waals surface area (Å²) >= 11 is 0. The molecule has 3 aliphatic rings. The summed E-state index contributed by atoms with van der Waals surface area (Å²) in [5.74, 6) is 1.33. The Bertz CT molecular complexity index is 555. The van der Waals surface area contributed by atoms with Crippen LogP contribution in [0.2, 0.25) is 0 Å². The normalized spacial score (nSPS) is 25.6. The Balaban J connectivity index is 1.28. The molecule has 2 aliphatic heterocycles. The molecular weight excluding hydrogens is 294 g/mol. The summed E-state index contributed by atoms with van der Waals surface area (Å²) in [6, 6.07) is 1.71. The molecule has 1 amide bonds. The van der Waals surface area contributed by atoms with Crippen molar-refractivity contribution in [3.05, 3.63) is 24.0 Å². The van der Waals surface area contributed by atoms with Crippen LogP contribution in [0.15, 0.2) is 18.5 Å². The van der Waals surface area contributed by atoms with Crippen molar-refractivity contribution in [1.82, 2.24) is 15.1 Å². The summed E-state index contributed by atoms with van der Waals surface area (Å²) in [7, 11) is 0. The molecule has 0 aromatic carbocycles. The molecule has 0 bridgehead atoms. The maximum Gasteiger partial charge on any atom is 0.255 e. The van der Waals surface area contributed by atoms with Crippen molar-refractivity contribution in [2.24, 2.45) is 11.8 Å². The summed E-state index contributed by atoms with van der Waals surface area (Å²) in [5, 5.41) is 7.49. The highest BCUT2D eigenvalue weighted by atomic mass is 16.5. The first-order chi connectivity index (χ1) is 11.3. The van der Waals surface area contributed by atoms with Gasteiger partial charge < -0.3 is 14.4 Å². The molecule has 1 aliphatic carbocycles. The van der Waals surface area contributed by atoms with E-state index in [1.165, 1.54) is 19.0 Å². The van der Waals surface area contributed by atoms with Crippen LogP contribution in [0.25, 0.3) is 0 Å². The third-order valence-corrected chi connectivity index (χ3v) is 5.30. The van der Waals surface area contributed by atoms with E-state index in [2.05, 4.69) is 10.2 Å². The van der Waals surface area contributed by atoms with Crippen LogP contribution in [0.5, 0.6) is 0 Å². The van der Waals surface area contributed by atoms with E-state index in [0.29, 0.717) is 24.6 Å². The minimum Gasteiger partial charge on any atom is -0.381 e. The van der Waals surface area contributed by atoms with Gasteiger partial charge in [-0.25, -0.2) is 0 Å². The molecule has 0 unspecified atom stereocenters. The summed E-state index contributed by atoms with van der Waals surface area (Å²) in [5.41, 5.74) is 0.455. The van der Waals surface area contributed by atoms with Crippen molar-refractivity contribution in [2.75, 3.05) is 32.9 Å². The Hall–Kier alpha value is -1.53. The van der Waals surface area contributed by atoms with Gasteiger partial charge in [0, 0.05) is 19.8 Å². The lowest BCUT2D eigenvalue weighted by molar-refractivity contribution is -0.120. The molecule has 0 radical (unpaired) electrons. The number of hydrogen-bond acceptors (Lipinski definition) is 5. The average molecular weight is 317 g/mol. The van der Waals surface area contributed by atoms with Crippen molar-refractivity contribution in [1.29, 1.82) is 0 Å². The van der Waals surface area contributed by atoms with Crippen molar-refractivity contribution in [2.45, 2.75) is 31.3 Å². The molecule has 0 N–H and O–H groups in total. The van der Waals surface area contributed by atoms with Crippen molar-refractivity contribution in [3.63, 3.8) is 0 Å². The van der Waals surface area contributed by atoms with Crippen LogP contribution in [0.1, 0.15) is 36.0 Å². The van der Waals surface area contributed by atoms with Gasteiger partial charge in [0.2, 0.25) is 0 Å². The molecule has 1 atom stereocenters. The number of hydrogen-bond donors (Lipinski definition) is 0. The smallest absolute Gasteiger partial charge is 0.255 e. The second-order valence-electron chi connectivity index (χ2n) is 7.00. The number of nitrogens with zero attached hydrogens (tertiary/aromatic N) is 3. The third kappa shape index (κ3) is 3.10. The van der Waals surface area contributed by atoms with Crippen LogP contribution in [0, 0.1) is 11.8 Å². The lowest BCUT2D eigenvalue weighted by atomic mass is 9.79. The van der Waals surface area contributed by atoms with Crippen molar-refractivity contribution in [3.8, 4) is 0 Å². The Morgan fingerprint density at radius 3 is 2.96 bits per heavy atom. The lowest BCUT2D eigenvalue weighted by Gasteiger charge is -2.50. The second kappa shape index (κ2) is 6.17. The monoisotopic (exact) mass is 317 g/mol. The van der Waals surface area contributed by atoms with Crippen LogP contribution >= 0.6 is 0 Å². The number of rotatable bonds is 6. The van der Waals surface area contributed by atoms with Gasteiger partial charge in [-0.3, -0.25) is 4.79 Å². The molecule has 1 spiro atoms. The van der Waals surface area contributed by atoms with Gasteiger partial charge in [0.05, 0.1) is 31.0 Å². The van der Waals surface area contributed by atoms with Crippen LogP contribution in [0.4, 0.5) is 0 Å². The highest BCUT2D eigenvalue weighted by Gasteiger charge is 2.54. The minimum absolute atomic E-state index is 0.0183. The maximum atomic E-state index is 12.4. The predicted molar refractivity (Wildman–Crippen MR) is 82.9 cm³/mol. The van der Waals surface area contributed by atoms with E-state index in [-0.39, 0.29) is 11.5 Å². The van der Waals surface area contributed by atoms with Gasteiger partial charge in [-0.05, 0) is 43.6 Å². The van der Waals surface area contributed by atoms with Crippen molar-refractivity contribution >= 4 is 5.91 Å². The summed E-state index contributed by atoms with van der Waals surface area (Å²) in [6.45, 7) is 3.89. The van der Waals surface area contributed by atoms with E-state index >= 15 is 0 Å². The first-order valence-electron chi connectivity index (χ1n) is 8.54. The maximum absolute atomic E-state index is 12.4. The molecule has 2 saturated heterocycles. The van der Waals surface area contributed by atoms with Gasteiger partial charge in [0.25, 0.3) is 5.91 Å². The number of amides is 1. The molecule has 124 valence electrons. The van der Waals surface area contributed by atoms with Crippen LogP contribution in [-0.2, 0) is 9.47 Å². The summed E-state index contributed by atoms with van der Waals surface area (Å²) < 4.78 is 11.8. The molecule has 3 heterocycles. The molecule has 6 nitrogen and oxygen atoms in total. The zero-order valence-electron chi connectivity index (χ0n) is 13.3. The predicted octanol–water partition coefficient (Wildman–Crippen LogP) is 1.52. The fraction of sp³-hybridized carbons (Fsp3) is 0.706. The number of aromatic nitrogens is 2. The molecular formula is C17H23N3O3. The van der Waals surface area contributed by atoms with E-state index in [1.807, 2.05) is 4.90 Å². The van der Waals surface area contributed by atoms with Crippen LogP contribution in [0.3, 0.4) is 0 Å². The number of carbonyl (C=O) groups is 1. The van der Waals surface area contributed by atoms with Gasteiger partial charge in [-0.1, -0.05) is 0 Å². The molecule has 4 rings (SSSR count). The van der Waals surface area contributed by atoms with Gasteiger partial charge in [0.1, 0.15) is 5.60 Å². The van der Waals surface area contributed by atoms with E-state index in [9.17, 15) is 4.79 Å². The molecule has 6 heteroatoms. The zero-order chi connectivity index (χ0) is 15.7. The molecule has 1 aromatic rings. The SMILES string of the molecule is O=C(c1ccnnc1)N1CC2(C1)OCC[C@@H]2CCOCC1CC1. The largest absolute Gasteiger partial charge is 0.381 e. The topological polar surface area (TPSA) is 64.6 Å². The Morgan fingerprint density at radius 1 is 1.35 bits per heavy atom. The Morgan fingerprint density at radius 2 is 2.22 bits per heavy atom. The highest BCUT2D eigenvalue weighted by molar-refractivity contribution is 5.94. The molecule has 3 fully saturated rings. The zero-order valence-corrected chi connectivity index (χ0v) is 13.3. The highest BCUT2D eigenvalue weighted by Crippen LogP contribution is 2.42. The second-order valence-corrected chi connectivity index (χ2v) is 7.00. The number of likely N-dealkylation sites (tertiary alicyclic amines) is 1. The summed E-state index contributed by atoms with van der Waals surface area (Å²) in [6.07, 6.45) is 7.84. The standard InChI is InChI=1S/C17H23N3O3/c21-16(14-3-6-18-19-9-14)20-11-17(12-20)15(5-8-23-17)4-7-22-10-13-1-2-13/h3,6,9,13,15H,1-2,4-5,7-8,10-12H2/t15-/m0/s1. The van der Waals surface area contributed by atoms with E-state index in [1.54, 1.807) is 12.3 Å².